The number of aliphatic hydroxyl groups excluding tert-OH is 13. The average molecular weight is 1380 g/mol. The van der Waals surface area contributed by atoms with E-state index in [0.717, 1.165) is 4.90 Å². The van der Waals surface area contributed by atoms with E-state index >= 15 is 9.59 Å². The van der Waals surface area contributed by atoms with Crippen LogP contribution < -0.4 is 53.4 Å². The second-order valence-electron chi connectivity index (χ2n) is 24.6. The summed E-state index contributed by atoms with van der Waals surface area (Å²) in [4.78, 5) is 109. The zero-order chi connectivity index (χ0) is 70.9. The second-order valence-corrected chi connectivity index (χ2v) is 24.6. The van der Waals surface area contributed by atoms with Crippen molar-refractivity contribution in [1.29, 1.82) is 0 Å². The lowest BCUT2D eigenvalue weighted by Crippen LogP contribution is -2.70. The third kappa shape index (κ3) is 17.6. The Labute approximate surface area is 553 Å². The van der Waals surface area contributed by atoms with Crippen LogP contribution in [-0.4, -0.2) is 317 Å². The number of benzene rings is 2. The zero-order valence-corrected chi connectivity index (χ0v) is 52.7. The van der Waals surface area contributed by atoms with Gasteiger partial charge in [-0.15, -0.1) is 0 Å². The lowest BCUT2D eigenvalue weighted by atomic mass is 9.92. The fraction of sp³-hybridized carbons (Fsp3) is 0.644. The quantitative estimate of drug-likeness (QED) is 0.0547. The average Bonchev–Trinajstić information content (AvgIpc) is 1.74. The summed E-state index contributed by atoms with van der Waals surface area (Å²) in [7, 11) is 0. The van der Waals surface area contributed by atoms with Gasteiger partial charge in [0, 0.05) is 18.8 Å². The van der Waals surface area contributed by atoms with Gasteiger partial charge >= 0.3 is 5.97 Å². The molecule has 24 N–H and O–H groups in total. The molecular formula is C59H86N12O26. The normalized spacial score (nSPS) is 35.9. The Hall–Kier alpha value is -7.61. The van der Waals surface area contributed by atoms with E-state index in [9.17, 15) is 90.4 Å². The number of carbonyl (C=O) groups excluding carboxylic acids is 7. The summed E-state index contributed by atoms with van der Waals surface area (Å²) in [6.07, 6.45) is -31.9. The van der Waals surface area contributed by atoms with Crippen LogP contribution >= 0.6 is 0 Å². The molecule has 0 aliphatic carbocycles. The molecule has 0 bridgehead atoms. The van der Waals surface area contributed by atoms with Crippen LogP contribution in [0.2, 0.25) is 0 Å². The van der Waals surface area contributed by atoms with Crippen molar-refractivity contribution in [2.45, 2.75) is 186 Å². The van der Waals surface area contributed by atoms with Gasteiger partial charge in [-0.2, -0.15) is 0 Å². The maximum atomic E-state index is 15.2. The molecule has 2 aromatic carbocycles. The van der Waals surface area contributed by atoms with Crippen molar-refractivity contribution in [2.75, 3.05) is 46.1 Å². The summed E-state index contributed by atoms with van der Waals surface area (Å²) in [5, 5.41) is 160. The number of nitrogens with zero attached hydrogens (tertiary/aromatic N) is 3. The smallest absolute Gasteiger partial charge is 0.306 e. The van der Waals surface area contributed by atoms with Crippen LogP contribution in [0.1, 0.15) is 44.2 Å². The second kappa shape index (κ2) is 33.3. The number of hydrogen-bond donors (Lipinski definition) is 22. The monoisotopic (exact) mass is 1380 g/mol. The van der Waals surface area contributed by atoms with Gasteiger partial charge in [0.2, 0.25) is 41.7 Å². The first-order valence-electron chi connectivity index (χ1n) is 31.2. The Morgan fingerprint density at radius 2 is 1.19 bits per heavy atom. The molecule has 6 amide bonds. The first kappa shape index (κ1) is 75.2. The third-order valence-electron chi connectivity index (χ3n) is 17.3. The van der Waals surface area contributed by atoms with E-state index in [0.29, 0.717) is 5.56 Å². The Morgan fingerprint density at radius 3 is 1.81 bits per heavy atom. The van der Waals surface area contributed by atoms with Gasteiger partial charge < -0.3 is 148 Å². The van der Waals surface area contributed by atoms with Crippen molar-refractivity contribution in [3.8, 4) is 5.75 Å². The number of nitrogens with two attached hydrogens (primary N) is 2. The Bertz CT molecular complexity index is 3100. The maximum absolute atomic E-state index is 15.2. The zero-order valence-electron chi connectivity index (χ0n) is 52.7. The molecule has 0 unspecified atom stereocenters. The van der Waals surface area contributed by atoms with Crippen LogP contribution in [0.4, 0.5) is 0 Å². The van der Waals surface area contributed by atoms with Gasteiger partial charge in [-0.3, -0.25) is 43.5 Å². The van der Waals surface area contributed by atoms with E-state index in [1.165, 1.54) is 24.3 Å². The molecule has 0 saturated carbocycles. The number of aliphatic imine (C=N–C) groups is 2. The molecule has 6 aliphatic heterocycles. The third-order valence-corrected chi connectivity index (χ3v) is 17.3. The molecule has 0 aromatic heterocycles. The summed E-state index contributed by atoms with van der Waals surface area (Å²) in [6, 6.07) is 0.741. The number of aliphatic hydroxyl groups is 13. The number of hydrogen-bond acceptors (Lipinski definition) is 32. The van der Waals surface area contributed by atoms with Crippen LogP contribution in [0.25, 0.3) is 0 Å². The number of rotatable bonds is 20. The molecular weight excluding hydrogens is 1290 g/mol. The molecule has 0 radical (unpaired) electrons. The minimum absolute atomic E-state index is 0.0604. The molecule has 25 atom stereocenters. The van der Waals surface area contributed by atoms with E-state index in [-0.39, 0.29) is 36.2 Å². The fourth-order valence-electron chi connectivity index (χ4n) is 11.9. The molecule has 2 aromatic rings. The van der Waals surface area contributed by atoms with Gasteiger partial charge in [0.25, 0.3) is 0 Å². The molecule has 97 heavy (non-hydrogen) atoms. The van der Waals surface area contributed by atoms with Crippen molar-refractivity contribution in [2.24, 2.45) is 27.4 Å². The number of ether oxygens (including phenoxy) is 6. The summed E-state index contributed by atoms with van der Waals surface area (Å²) in [6.45, 7) is -0.556. The number of guanidine groups is 2. The number of esters is 1. The highest BCUT2D eigenvalue weighted by atomic mass is 16.7. The van der Waals surface area contributed by atoms with Crippen LogP contribution in [-0.2, 0) is 63.7 Å². The molecule has 4 fully saturated rings. The van der Waals surface area contributed by atoms with Gasteiger partial charge in [0.15, 0.2) is 30.5 Å². The standard InChI is InChI=1S/C59H86N12O26/c1-22(2)13-35(77)96-48-32(20-74)95-57(47(86)43(48)82)97-49-33(21-75)94-56(46(85)44(49)83)92-26-11-9-24(10-12-26)14-27-51(88)69-37(39(78)28-15-63-58(60)67-28)54(91)70-38(40(79)30-16-64-59(61)71(30)55-45(84)42(81)41(80)31(19-73)93-55)53(90)66-29(18-72)50(87)62-17-34(76)68-36(52(89)65-27)23(3)25-7-5-4-6-8-25/h4-12,22-23,27-33,36-49,55-57,72-75,78-86H,13-21H2,1-3H3,(H2,61,64)(H,62,87)(H,65,89)(H,66,90)(H,68,76)(H,69,88)(H,70,91)(H3,60,63,67)/t23-,27+,28-,29-,30-,31+,32+,33+,36-,37-,38+,39+,40-,41+,42-,43+,44+,45-,46-,47-,48+,49+,55-,56-,57+/m0/s1. The van der Waals surface area contributed by atoms with Gasteiger partial charge in [-0.25, -0.2) is 0 Å². The first-order chi connectivity index (χ1) is 46.1. The minimum Gasteiger partial charge on any atom is -0.462 e. The lowest BCUT2D eigenvalue weighted by Gasteiger charge is -2.46. The van der Waals surface area contributed by atoms with Crippen LogP contribution in [0.5, 0.6) is 5.75 Å². The highest BCUT2D eigenvalue weighted by molar-refractivity contribution is 5.98. The molecule has 6 heterocycles. The van der Waals surface area contributed by atoms with E-state index in [2.05, 4.69) is 47.2 Å². The SMILES string of the molecule is CC(C)CC(=O)O[C@H]1[C@H](O)[C@H](O)[C@@H](O[C@H]2[C@H](O)[C@H](O)[C@@H](Oc3ccc(C[C@H]4NC(=O)[C@H]([C@@H](C)c5ccccc5)NC(=O)CNC(=O)[C@H](CO)NC(=O)[C@@H]([C@@H](O)[C@@H]5CN=C(N)N5[C@H]5O[C@H](CO)[C@@H](O)[C@H](O)[C@@H]5O)NC(=O)[C@H]([C@H](O)[C@@H]5CN=C(N)N5)NC4=O)cc3)O[C@@H]2CO)O[C@@H]1CO. The Morgan fingerprint density at radius 1 is 0.598 bits per heavy atom. The lowest BCUT2D eigenvalue weighted by molar-refractivity contribution is -0.353. The van der Waals surface area contributed by atoms with Crippen molar-refractivity contribution in [3.63, 3.8) is 0 Å². The Balaban J connectivity index is 1.08. The van der Waals surface area contributed by atoms with Crippen LogP contribution in [0, 0.1) is 5.92 Å². The van der Waals surface area contributed by atoms with Crippen LogP contribution in [0.15, 0.2) is 64.6 Å². The highest BCUT2D eigenvalue weighted by Gasteiger charge is 2.55. The number of carbonyl (C=O) groups is 7. The van der Waals surface area contributed by atoms with E-state index in [1.54, 1.807) is 51.1 Å². The van der Waals surface area contributed by atoms with E-state index < -0.39 is 246 Å². The summed E-state index contributed by atoms with van der Waals surface area (Å²) in [5.74, 6) is -9.95. The van der Waals surface area contributed by atoms with E-state index in [1.807, 2.05) is 0 Å². The predicted molar refractivity (Wildman–Crippen MR) is 326 cm³/mol. The highest BCUT2D eigenvalue weighted by Crippen LogP contribution is 2.33. The fourth-order valence-corrected chi connectivity index (χ4v) is 11.9. The molecule has 38 nitrogen and oxygen atoms in total. The van der Waals surface area contributed by atoms with Crippen molar-refractivity contribution in [1.82, 2.24) is 42.1 Å². The predicted octanol–water partition coefficient (Wildman–Crippen LogP) is -12.0. The summed E-state index contributed by atoms with van der Waals surface area (Å²) < 4.78 is 34.1. The minimum atomic E-state index is -2.35. The first-order valence-corrected chi connectivity index (χ1v) is 31.2. The van der Waals surface area contributed by atoms with Crippen molar-refractivity contribution >= 4 is 53.3 Å². The molecule has 38 heteroatoms. The van der Waals surface area contributed by atoms with Gasteiger partial charge in [0.1, 0.15) is 115 Å². The van der Waals surface area contributed by atoms with Gasteiger partial charge in [-0.1, -0.05) is 63.2 Å². The maximum Gasteiger partial charge on any atom is 0.306 e. The topological polar surface area (TPSA) is 602 Å². The molecule has 6 aliphatic rings. The van der Waals surface area contributed by atoms with Crippen molar-refractivity contribution in [3.05, 3.63) is 65.7 Å². The molecule has 0 spiro atoms. The summed E-state index contributed by atoms with van der Waals surface area (Å²) >= 11 is 0. The molecule has 4 saturated heterocycles. The van der Waals surface area contributed by atoms with Gasteiger partial charge in [0.05, 0.1) is 58.1 Å². The van der Waals surface area contributed by atoms with Crippen molar-refractivity contribution < 1.29 is 128 Å². The number of nitrogens with one attached hydrogen (secondary N) is 7. The number of amides is 6. The van der Waals surface area contributed by atoms with E-state index in [4.69, 9.17) is 39.9 Å². The van der Waals surface area contributed by atoms with Gasteiger partial charge in [-0.05, 0) is 29.2 Å². The van der Waals surface area contributed by atoms with Crippen LogP contribution in [0.3, 0.4) is 0 Å². The molecule has 538 valence electrons. The molecule has 8 rings (SSSR count). The Kier molecular flexibility index (Phi) is 25.8. The summed E-state index contributed by atoms with van der Waals surface area (Å²) in [5.41, 5.74) is 12.8. The largest absolute Gasteiger partial charge is 0.462 e.